The van der Waals surface area contributed by atoms with Crippen LogP contribution in [0, 0.1) is 0 Å². The standard InChI is InChI=1S/C66H42N4O2.C2H6/c1-66(2)54-28-9-6-22-52(54)60-44(23-15-29-55(60)66)40-18-12-19-41(36-40)45-24-13-26-50-53-37-42(46-25-14-27-51-48-21-8-11-31-58(48)72-62(46)51)33-35-56(53)70(61(45)50)65-68-63(39-16-4-3-5-17-39)67-64(69-65)43-32-34-49-47-20-7-10-30-57(47)71-59(49)38-43;1-2/h3-38H,1-2H3;1-2H3. The summed E-state index contributed by atoms with van der Waals surface area (Å²) in [7, 11) is 0. The third-order valence-electron chi connectivity index (χ3n) is 15.1. The number of hydrogen-bond donors (Lipinski definition) is 0. The third-order valence-corrected chi connectivity index (χ3v) is 15.1. The number of rotatable bonds is 6. The second-order valence-electron chi connectivity index (χ2n) is 19.5. The number of fused-ring (bicyclic) bond motifs is 12. The van der Waals surface area contributed by atoms with Gasteiger partial charge in [-0.05, 0) is 87.0 Å². The summed E-state index contributed by atoms with van der Waals surface area (Å²) in [5.41, 5.74) is 18.9. The molecule has 6 nitrogen and oxygen atoms in total. The molecule has 0 fully saturated rings. The fourth-order valence-electron chi connectivity index (χ4n) is 11.7. The van der Waals surface area contributed by atoms with E-state index in [2.05, 4.69) is 188 Å². The van der Waals surface area contributed by atoms with E-state index >= 15 is 0 Å². The van der Waals surface area contributed by atoms with Crippen LogP contribution in [0.5, 0.6) is 0 Å². The minimum Gasteiger partial charge on any atom is -0.456 e. The Hall–Kier alpha value is -9.39. The maximum absolute atomic E-state index is 6.61. The van der Waals surface area contributed by atoms with Crippen LogP contribution in [-0.4, -0.2) is 19.5 Å². The minimum atomic E-state index is -0.110. The van der Waals surface area contributed by atoms with E-state index < -0.39 is 0 Å². The summed E-state index contributed by atoms with van der Waals surface area (Å²) >= 11 is 0. The van der Waals surface area contributed by atoms with Crippen LogP contribution >= 0.6 is 0 Å². The second kappa shape index (κ2) is 16.9. The predicted molar refractivity (Wildman–Crippen MR) is 305 cm³/mol. The van der Waals surface area contributed by atoms with Crippen LogP contribution in [0.2, 0.25) is 0 Å². The van der Waals surface area contributed by atoms with Gasteiger partial charge in [-0.1, -0.05) is 204 Å². The monoisotopic (exact) mass is 952 g/mol. The zero-order chi connectivity index (χ0) is 49.7. The lowest BCUT2D eigenvalue weighted by Gasteiger charge is -2.21. The Bertz CT molecular complexity index is 4560. The molecular weight excluding hydrogens is 905 g/mol. The van der Waals surface area contributed by atoms with Crippen molar-refractivity contribution in [3.05, 3.63) is 230 Å². The molecule has 4 heterocycles. The molecule has 74 heavy (non-hydrogen) atoms. The van der Waals surface area contributed by atoms with Crippen molar-refractivity contribution < 1.29 is 8.83 Å². The number of benzene rings is 10. The van der Waals surface area contributed by atoms with Gasteiger partial charge in [0, 0.05) is 60.0 Å². The molecule has 0 aliphatic heterocycles. The smallest absolute Gasteiger partial charge is 0.238 e. The molecule has 0 saturated carbocycles. The molecule has 10 aromatic carbocycles. The van der Waals surface area contributed by atoms with Crippen LogP contribution in [0.15, 0.2) is 227 Å². The van der Waals surface area contributed by atoms with Crippen LogP contribution in [0.4, 0.5) is 0 Å². The van der Waals surface area contributed by atoms with E-state index in [1.807, 2.05) is 62.4 Å². The molecule has 4 aromatic heterocycles. The van der Waals surface area contributed by atoms with Gasteiger partial charge in [0.25, 0.3) is 0 Å². The second-order valence-corrected chi connectivity index (χ2v) is 19.5. The molecule has 0 N–H and O–H groups in total. The van der Waals surface area contributed by atoms with Crippen LogP contribution in [-0.2, 0) is 5.41 Å². The van der Waals surface area contributed by atoms with Gasteiger partial charge in [-0.15, -0.1) is 0 Å². The number of nitrogens with zero attached hydrogens (tertiary/aromatic N) is 4. The fourth-order valence-corrected chi connectivity index (χ4v) is 11.7. The molecule has 6 heteroatoms. The van der Waals surface area contributed by atoms with Crippen LogP contribution in [0.1, 0.15) is 38.8 Å². The van der Waals surface area contributed by atoms with Gasteiger partial charge >= 0.3 is 0 Å². The highest BCUT2D eigenvalue weighted by Crippen LogP contribution is 2.52. The fraction of sp³-hybridized carbons (Fsp3) is 0.0735. The van der Waals surface area contributed by atoms with Gasteiger partial charge in [0.15, 0.2) is 11.6 Å². The van der Waals surface area contributed by atoms with Crippen molar-refractivity contribution in [2.75, 3.05) is 0 Å². The Balaban J connectivity index is 0.00000249. The number of hydrogen-bond acceptors (Lipinski definition) is 5. The van der Waals surface area contributed by atoms with E-state index in [0.717, 1.165) is 105 Å². The van der Waals surface area contributed by atoms with Gasteiger partial charge in [0.2, 0.25) is 5.95 Å². The largest absolute Gasteiger partial charge is 0.456 e. The average Bonchev–Trinajstić information content (AvgIpc) is 4.20. The summed E-state index contributed by atoms with van der Waals surface area (Å²) in [6.07, 6.45) is 0. The first-order valence-corrected chi connectivity index (χ1v) is 25.5. The van der Waals surface area contributed by atoms with Crippen molar-refractivity contribution in [1.82, 2.24) is 19.5 Å². The predicted octanol–water partition coefficient (Wildman–Crippen LogP) is 18.4. The Morgan fingerprint density at radius 2 is 0.919 bits per heavy atom. The zero-order valence-electron chi connectivity index (χ0n) is 41.4. The quantitative estimate of drug-likeness (QED) is 0.166. The van der Waals surface area contributed by atoms with E-state index in [1.54, 1.807) is 0 Å². The van der Waals surface area contributed by atoms with E-state index in [-0.39, 0.29) is 5.41 Å². The van der Waals surface area contributed by atoms with Crippen molar-refractivity contribution in [2.24, 2.45) is 0 Å². The number of aromatic nitrogens is 4. The van der Waals surface area contributed by atoms with Gasteiger partial charge in [0.05, 0.1) is 11.0 Å². The first-order valence-electron chi connectivity index (χ1n) is 25.5. The van der Waals surface area contributed by atoms with Crippen molar-refractivity contribution in [3.63, 3.8) is 0 Å². The summed E-state index contributed by atoms with van der Waals surface area (Å²) in [4.78, 5) is 16.0. The molecule has 352 valence electrons. The summed E-state index contributed by atoms with van der Waals surface area (Å²) in [5.74, 6) is 1.63. The van der Waals surface area contributed by atoms with Crippen molar-refractivity contribution in [1.29, 1.82) is 0 Å². The SMILES string of the molecule is CC.CC1(C)c2ccccc2-c2c(-c3cccc(-c4cccc5c6cc(-c7cccc8c7oc7ccccc78)ccc6n(-c6nc(-c7ccccc7)nc(-c7ccc8c(c7)oc7ccccc78)n6)c45)c3)cccc21. The molecule has 0 atom stereocenters. The van der Waals surface area contributed by atoms with Gasteiger partial charge in [0.1, 0.15) is 22.3 Å². The highest BCUT2D eigenvalue weighted by molar-refractivity contribution is 6.16. The lowest BCUT2D eigenvalue weighted by Crippen LogP contribution is -2.14. The lowest BCUT2D eigenvalue weighted by atomic mass is 9.82. The van der Waals surface area contributed by atoms with Gasteiger partial charge in [-0.25, -0.2) is 4.98 Å². The molecule has 0 radical (unpaired) electrons. The summed E-state index contributed by atoms with van der Waals surface area (Å²) in [5, 5.41) is 6.46. The Morgan fingerprint density at radius 1 is 0.365 bits per heavy atom. The van der Waals surface area contributed by atoms with E-state index in [0.29, 0.717) is 17.6 Å². The molecule has 15 rings (SSSR count). The lowest BCUT2D eigenvalue weighted by molar-refractivity contribution is 0.660. The highest BCUT2D eigenvalue weighted by atomic mass is 16.3. The molecule has 1 aliphatic rings. The van der Waals surface area contributed by atoms with Crippen molar-refractivity contribution in [3.8, 4) is 73.2 Å². The van der Waals surface area contributed by atoms with Gasteiger partial charge < -0.3 is 8.83 Å². The van der Waals surface area contributed by atoms with Crippen LogP contribution in [0.25, 0.3) is 139 Å². The van der Waals surface area contributed by atoms with E-state index in [9.17, 15) is 0 Å². The topological polar surface area (TPSA) is 69.9 Å². The third kappa shape index (κ3) is 6.61. The van der Waals surface area contributed by atoms with E-state index in [1.165, 1.54) is 27.8 Å². The summed E-state index contributed by atoms with van der Waals surface area (Å²) in [6.45, 7) is 8.68. The summed E-state index contributed by atoms with van der Waals surface area (Å²) in [6, 6.07) is 77.3. The zero-order valence-corrected chi connectivity index (χ0v) is 41.4. The highest BCUT2D eigenvalue weighted by Gasteiger charge is 2.36. The van der Waals surface area contributed by atoms with Crippen molar-refractivity contribution in [2.45, 2.75) is 33.1 Å². The first-order chi connectivity index (χ1) is 36.4. The number of para-hydroxylation sites is 4. The normalized spacial score (nSPS) is 12.7. The minimum absolute atomic E-state index is 0.110. The number of furan rings is 2. The molecular formula is C68H48N4O2. The molecule has 0 bridgehead atoms. The molecule has 0 unspecified atom stereocenters. The Kier molecular flexibility index (Phi) is 9.89. The maximum atomic E-state index is 6.61. The molecule has 0 spiro atoms. The van der Waals surface area contributed by atoms with Crippen molar-refractivity contribution >= 4 is 65.7 Å². The first kappa shape index (κ1) is 43.4. The summed E-state index contributed by atoms with van der Waals surface area (Å²) < 4.78 is 15.3. The molecule has 0 amide bonds. The molecule has 1 aliphatic carbocycles. The van der Waals surface area contributed by atoms with Crippen LogP contribution < -0.4 is 0 Å². The Labute approximate surface area is 427 Å². The Morgan fingerprint density at radius 3 is 1.74 bits per heavy atom. The van der Waals surface area contributed by atoms with Gasteiger partial charge in [-0.3, -0.25) is 4.57 Å². The average molecular weight is 953 g/mol. The molecule has 14 aromatic rings. The van der Waals surface area contributed by atoms with Gasteiger partial charge in [-0.2, -0.15) is 9.97 Å². The molecule has 0 saturated heterocycles. The van der Waals surface area contributed by atoms with E-state index in [4.69, 9.17) is 23.8 Å². The maximum Gasteiger partial charge on any atom is 0.238 e. The van der Waals surface area contributed by atoms with Crippen LogP contribution in [0.3, 0.4) is 0 Å².